The van der Waals surface area contributed by atoms with Crippen LogP contribution in [-0.2, 0) is 11.8 Å². The Kier molecular flexibility index (Phi) is 4.25. The summed E-state index contributed by atoms with van der Waals surface area (Å²) in [6.07, 6.45) is 5.56. The van der Waals surface area contributed by atoms with Crippen molar-refractivity contribution in [2.75, 3.05) is 4.90 Å². The molecule has 0 spiro atoms. The molecule has 3 aromatic rings. The minimum Gasteiger partial charge on any atom is -0.351 e. The van der Waals surface area contributed by atoms with Crippen molar-refractivity contribution in [1.29, 1.82) is 0 Å². The number of nitrogens with zero attached hydrogens (tertiary/aromatic N) is 4. The fourth-order valence-electron chi connectivity index (χ4n) is 2.47. The molecule has 5 nitrogen and oxygen atoms in total. The molecule has 1 aromatic carbocycles. The second-order valence-corrected chi connectivity index (χ2v) is 7.22. The van der Waals surface area contributed by atoms with Crippen LogP contribution in [0.25, 0.3) is 6.08 Å². The Morgan fingerprint density at radius 3 is 2.68 bits per heavy atom. The van der Waals surface area contributed by atoms with Crippen LogP contribution in [0.4, 0.5) is 10.8 Å². The molecule has 25 heavy (non-hydrogen) atoms. The molecule has 0 unspecified atom stereocenters. The zero-order valence-corrected chi connectivity index (χ0v) is 15.0. The Labute approximate surface area is 153 Å². The van der Waals surface area contributed by atoms with E-state index in [-0.39, 0.29) is 5.91 Å². The van der Waals surface area contributed by atoms with E-state index in [1.54, 1.807) is 11.1 Å². The second-order valence-electron chi connectivity index (χ2n) is 5.34. The maximum absolute atomic E-state index is 13.0. The average molecular weight is 366 g/mol. The van der Waals surface area contributed by atoms with Gasteiger partial charge in [0.2, 0.25) is 5.13 Å². The van der Waals surface area contributed by atoms with Crippen molar-refractivity contribution in [3.63, 3.8) is 0 Å². The normalized spacial score (nSPS) is 17.8. The van der Waals surface area contributed by atoms with Crippen molar-refractivity contribution in [1.82, 2.24) is 9.55 Å². The van der Waals surface area contributed by atoms with Gasteiger partial charge in [0, 0.05) is 30.5 Å². The number of amides is 1. The molecule has 7 heteroatoms. The minimum absolute atomic E-state index is 0.0762. The largest absolute Gasteiger partial charge is 0.351 e. The van der Waals surface area contributed by atoms with Gasteiger partial charge in [-0.25, -0.2) is 4.98 Å². The van der Waals surface area contributed by atoms with Crippen molar-refractivity contribution < 1.29 is 4.79 Å². The van der Waals surface area contributed by atoms with Crippen LogP contribution in [0, 0.1) is 0 Å². The Bertz CT molecular complexity index is 958. The molecule has 0 bridgehead atoms. The number of amidine groups is 1. The van der Waals surface area contributed by atoms with Gasteiger partial charge in [0.1, 0.15) is 0 Å². The molecule has 3 heterocycles. The molecule has 1 aliphatic heterocycles. The first-order valence-corrected chi connectivity index (χ1v) is 9.30. The van der Waals surface area contributed by atoms with Gasteiger partial charge in [-0.05, 0) is 42.1 Å². The number of rotatable bonds is 3. The molecule has 0 N–H and O–H groups in total. The third kappa shape index (κ3) is 3.16. The van der Waals surface area contributed by atoms with Crippen LogP contribution in [0.15, 0.2) is 70.1 Å². The molecule has 1 aliphatic rings. The van der Waals surface area contributed by atoms with Gasteiger partial charge in [-0.2, -0.15) is 4.99 Å². The van der Waals surface area contributed by atoms with Crippen LogP contribution >= 0.6 is 23.1 Å². The molecule has 0 radical (unpaired) electrons. The van der Waals surface area contributed by atoms with E-state index in [1.165, 1.54) is 23.1 Å². The molecular formula is C18H14N4OS2. The Hall–Kier alpha value is -2.64. The number of anilines is 1. The Balaban J connectivity index is 1.78. The monoisotopic (exact) mass is 366 g/mol. The zero-order chi connectivity index (χ0) is 17.2. The van der Waals surface area contributed by atoms with Gasteiger partial charge in [0.15, 0.2) is 5.17 Å². The van der Waals surface area contributed by atoms with Crippen LogP contribution in [-0.4, -0.2) is 20.6 Å². The highest BCUT2D eigenvalue weighted by Crippen LogP contribution is 2.37. The number of carbonyl (C=O) groups excluding carboxylic acids is 1. The maximum atomic E-state index is 13.0. The topological polar surface area (TPSA) is 50.5 Å². The zero-order valence-electron chi connectivity index (χ0n) is 13.4. The first-order chi connectivity index (χ1) is 12.2. The van der Waals surface area contributed by atoms with Crippen molar-refractivity contribution in [2.24, 2.45) is 12.0 Å². The highest BCUT2D eigenvalue weighted by atomic mass is 32.2. The molecular weight excluding hydrogens is 352 g/mol. The summed E-state index contributed by atoms with van der Waals surface area (Å²) in [5, 5.41) is 3.12. The number of aromatic nitrogens is 2. The number of thiazole rings is 1. The molecule has 0 saturated carbocycles. The predicted molar refractivity (Wildman–Crippen MR) is 104 cm³/mol. The number of para-hydroxylation sites is 1. The standard InChI is InChI=1S/C18H14N4OS2/c1-21-10-5-8-14(21)12-15-16(23)22(13-6-3-2-4-7-13)18(25-15)20-17-19-9-11-24-17/h2-12H,1H3/b15-12+,20-18+. The summed E-state index contributed by atoms with van der Waals surface area (Å²) in [4.78, 5) is 24.1. The summed E-state index contributed by atoms with van der Waals surface area (Å²) in [7, 11) is 1.95. The van der Waals surface area contributed by atoms with Crippen molar-refractivity contribution in [2.45, 2.75) is 0 Å². The number of aliphatic imine (C=N–C) groups is 1. The lowest BCUT2D eigenvalue weighted by atomic mass is 10.3. The molecule has 4 rings (SSSR count). The van der Waals surface area contributed by atoms with E-state index in [9.17, 15) is 4.79 Å². The lowest BCUT2D eigenvalue weighted by Crippen LogP contribution is -2.28. The van der Waals surface area contributed by atoms with Gasteiger partial charge in [-0.1, -0.05) is 18.2 Å². The summed E-state index contributed by atoms with van der Waals surface area (Å²) in [5.41, 5.74) is 1.77. The first-order valence-electron chi connectivity index (χ1n) is 7.61. The Morgan fingerprint density at radius 1 is 1.16 bits per heavy atom. The summed E-state index contributed by atoms with van der Waals surface area (Å²) in [6.45, 7) is 0. The number of benzene rings is 1. The second kappa shape index (κ2) is 6.70. The van der Waals surface area contributed by atoms with E-state index in [0.29, 0.717) is 15.2 Å². The van der Waals surface area contributed by atoms with Crippen LogP contribution in [0.3, 0.4) is 0 Å². The Morgan fingerprint density at radius 2 is 2.00 bits per heavy atom. The molecule has 0 aliphatic carbocycles. The fraction of sp³-hybridized carbons (Fsp3) is 0.0556. The summed E-state index contributed by atoms with van der Waals surface area (Å²) in [5.74, 6) is -0.0762. The predicted octanol–water partition coefficient (Wildman–Crippen LogP) is 4.29. The van der Waals surface area contributed by atoms with Crippen molar-refractivity contribution >= 4 is 51.1 Å². The summed E-state index contributed by atoms with van der Waals surface area (Å²) < 4.78 is 1.98. The van der Waals surface area contributed by atoms with E-state index in [0.717, 1.165) is 11.4 Å². The number of hydrogen-bond donors (Lipinski definition) is 0. The van der Waals surface area contributed by atoms with E-state index < -0.39 is 0 Å². The number of carbonyl (C=O) groups is 1. The van der Waals surface area contributed by atoms with E-state index in [2.05, 4.69) is 9.98 Å². The van der Waals surface area contributed by atoms with Crippen LogP contribution < -0.4 is 4.90 Å². The molecule has 1 amide bonds. The lowest BCUT2D eigenvalue weighted by molar-refractivity contribution is -0.113. The average Bonchev–Trinajstić information content (AvgIpc) is 3.33. The fourth-order valence-corrected chi connectivity index (χ4v) is 3.99. The minimum atomic E-state index is -0.0762. The lowest BCUT2D eigenvalue weighted by Gasteiger charge is -2.14. The number of thioether (sulfide) groups is 1. The van der Waals surface area contributed by atoms with Gasteiger partial charge in [-0.3, -0.25) is 9.69 Å². The third-order valence-electron chi connectivity index (χ3n) is 3.69. The van der Waals surface area contributed by atoms with Gasteiger partial charge < -0.3 is 4.57 Å². The SMILES string of the molecule is Cn1cccc1/C=C1/S/C(=N/c2nccs2)N(c2ccccc2)C1=O. The molecule has 0 atom stereocenters. The number of aryl methyl sites for hydroxylation is 1. The molecule has 2 aromatic heterocycles. The summed E-state index contributed by atoms with van der Waals surface area (Å²) >= 11 is 2.81. The smallest absolute Gasteiger partial charge is 0.271 e. The van der Waals surface area contributed by atoms with E-state index in [1.807, 2.05) is 71.7 Å². The van der Waals surface area contributed by atoms with E-state index >= 15 is 0 Å². The quantitative estimate of drug-likeness (QED) is 0.650. The van der Waals surface area contributed by atoms with E-state index in [4.69, 9.17) is 0 Å². The van der Waals surface area contributed by atoms with Crippen molar-refractivity contribution in [3.05, 3.63) is 70.8 Å². The van der Waals surface area contributed by atoms with Crippen LogP contribution in [0.5, 0.6) is 0 Å². The highest BCUT2D eigenvalue weighted by molar-refractivity contribution is 8.19. The molecule has 124 valence electrons. The van der Waals surface area contributed by atoms with Gasteiger partial charge in [0.05, 0.1) is 10.6 Å². The molecule has 1 saturated heterocycles. The van der Waals surface area contributed by atoms with Crippen molar-refractivity contribution in [3.8, 4) is 0 Å². The summed E-state index contributed by atoms with van der Waals surface area (Å²) in [6, 6.07) is 13.5. The van der Waals surface area contributed by atoms with Gasteiger partial charge in [-0.15, -0.1) is 11.3 Å². The first kappa shape index (κ1) is 15.9. The van der Waals surface area contributed by atoms with Crippen LogP contribution in [0.1, 0.15) is 5.69 Å². The van der Waals surface area contributed by atoms with Crippen LogP contribution in [0.2, 0.25) is 0 Å². The van der Waals surface area contributed by atoms with Gasteiger partial charge >= 0.3 is 0 Å². The highest BCUT2D eigenvalue weighted by Gasteiger charge is 2.35. The third-order valence-corrected chi connectivity index (χ3v) is 5.33. The number of hydrogen-bond acceptors (Lipinski definition) is 5. The molecule has 1 fully saturated rings. The van der Waals surface area contributed by atoms with Gasteiger partial charge in [0.25, 0.3) is 5.91 Å². The maximum Gasteiger partial charge on any atom is 0.271 e.